The summed E-state index contributed by atoms with van der Waals surface area (Å²) in [6, 6.07) is 0. The first-order valence-electron chi connectivity index (χ1n) is 12.8. The van der Waals surface area contributed by atoms with Crippen molar-refractivity contribution in [1.29, 1.82) is 0 Å². The molecule has 4 rings (SSSR count). The summed E-state index contributed by atoms with van der Waals surface area (Å²) >= 11 is 0. The average molecular weight is 419 g/mol. The fourth-order valence-corrected chi connectivity index (χ4v) is 8.57. The van der Waals surface area contributed by atoms with Crippen molar-refractivity contribution in [2.24, 2.45) is 46.3 Å². The molecule has 0 spiro atoms. The molecule has 0 bridgehead atoms. The van der Waals surface area contributed by atoms with E-state index < -0.39 is 0 Å². The molecule has 0 aliphatic heterocycles. The van der Waals surface area contributed by atoms with Gasteiger partial charge in [0, 0.05) is 0 Å². The molecule has 0 unspecified atom stereocenters. The lowest BCUT2D eigenvalue weighted by Gasteiger charge is -2.59. The topological polar surface area (TPSA) is 60.7 Å². The fourth-order valence-electron chi connectivity index (χ4n) is 8.57. The fraction of sp³-hybridized carbons (Fsp3) is 0.926. The normalized spacial score (nSPS) is 47.8. The van der Waals surface area contributed by atoms with E-state index in [4.69, 9.17) is 0 Å². The first kappa shape index (κ1) is 22.8. The highest BCUT2D eigenvalue weighted by atomic mass is 16.3. The van der Waals surface area contributed by atoms with Crippen LogP contribution < -0.4 is 0 Å². The van der Waals surface area contributed by atoms with E-state index in [9.17, 15) is 15.3 Å². The van der Waals surface area contributed by atoms with Crippen LogP contribution in [0, 0.1) is 46.3 Å². The minimum atomic E-state index is -0.343. The number of fused-ring (bicyclic) bond motifs is 5. The zero-order valence-electron chi connectivity index (χ0n) is 20.0. The molecule has 3 N–H and O–H groups in total. The molecule has 3 nitrogen and oxygen atoms in total. The van der Waals surface area contributed by atoms with Gasteiger partial charge in [0.25, 0.3) is 0 Å². The Balaban J connectivity index is 1.53. The smallest absolute Gasteiger partial charge is 0.0757 e. The van der Waals surface area contributed by atoms with Crippen LogP contribution in [0.1, 0.15) is 92.4 Å². The van der Waals surface area contributed by atoms with Gasteiger partial charge in [-0.2, -0.15) is 0 Å². The van der Waals surface area contributed by atoms with E-state index in [2.05, 4.69) is 40.7 Å². The first-order valence-corrected chi connectivity index (χ1v) is 12.8. The van der Waals surface area contributed by atoms with Gasteiger partial charge in [-0.05, 0) is 104 Å². The molecule has 3 heteroatoms. The number of hydrogen-bond acceptors (Lipinski definition) is 3. The van der Waals surface area contributed by atoms with Crippen molar-refractivity contribution in [3.63, 3.8) is 0 Å². The van der Waals surface area contributed by atoms with Gasteiger partial charge in [-0.3, -0.25) is 0 Å². The van der Waals surface area contributed by atoms with Crippen molar-refractivity contribution >= 4 is 0 Å². The van der Waals surface area contributed by atoms with Gasteiger partial charge in [-0.25, -0.2) is 0 Å². The van der Waals surface area contributed by atoms with Crippen molar-refractivity contribution in [1.82, 2.24) is 0 Å². The number of aliphatic hydroxyl groups excluding tert-OH is 3. The number of aliphatic hydroxyl groups is 3. The summed E-state index contributed by atoms with van der Waals surface area (Å²) < 4.78 is 0. The molecule has 0 aromatic rings. The van der Waals surface area contributed by atoms with Gasteiger partial charge in [0.2, 0.25) is 0 Å². The summed E-state index contributed by atoms with van der Waals surface area (Å²) in [4.78, 5) is 0. The Morgan fingerprint density at radius 2 is 1.70 bits per heavy atom. The second-order valence-corrected chi connectivity index (χ2v) is 12.4. The second-order valence-electron chi connectivity index (χ2n) is 12.4. The third-order valence-electron chi connectivity index (χ3n) is 10.6. The number of hydrogen-bond donors (Lipinski definition) is 3. The molecule has 4 aliphatic carbocycles. The van der Waals surface area contributed by atoms with Gasteiger partial charge >= 0.3 is 0 Å². The Labute approximate surface area is 184 Å². The van der Waals surface area contributed by atoms with Crippen molar-refractivity contribution in [3.8, 4) is 0 Å². The summed E-state index contributed by atoms with van der Waals surface area (Å²) in [6.45, 7) is 11.6. The van der Waals surface area contributed by atoms with Gasteiger partial charge in [-0.1, -0.05) is 46.3 Å². The molecule has 0 heterocycles. The molecule has 0 aromatic carbocycles. The molecular formula is C27H46O3. The predicted octanol–water partition coefficient (Wildman–Crippen LogP) is 5.33. The minimum absolute atomic E-state index is 0.176. The highest BCUT2D eigenvalue weighted by Crippen LogP contribution is 2.67. The van der Waals surface area contributed by atoms with E-state index in [-0.39, 0.29) is 23.7 Å². The summed E-state index contributed by atoms with van der Waals surface area (Å²) in [5.74, 6) is 3.24. The molecule has 3 saturated carbocycles. The van der Waals surface area contributed by atoms with Crippen LogP contribution in [0.2, 0.25) is 0 Å². The first-order chi connectivity index (χ1) is 14.1. The molecule has 0 aromatic heterocycles. The molecule has 4 aliphatic rings. The zero-order chi connectivity index (χ0) is 21.8. The van der Waals surface area contributed by atoms with Crippen LogP contribution >= 0.6 is 0 Å². The second kappa shape index (κ2) is 8.19. The van der Waals surface area contributed by atoms with Crippen LogP contribution in [-0.2, 0) is 0 Å². The highest BCUT2D eigenvalue weighted by Gasteiger charge is 2.61. The van der Waals surface area contributed by atoms with Crippen LogP contribution in [0.3, 0.4) is 0 Å². The third-order valence-corrected chi connectivity index (χ3v) is 10.6. The lowest BCUT2D eigenvalue weighted by Crippen LogP contribution is -2.55. The van der Waals surface area contributed by atoms with Crippen LogP contribution in [0.5, 0.6) is 0 Å². The van der Waals surface area contributed by atoms with E-state index in [1.165, 1.54) is 31.3 Å². The zero-order valence-corrected chi connectivity index (χ0v) is 20.0. The van der Waals surface area contributed by atoms with Crippen molar-refractivity contribution in [2.45, 2.75) is 111 Å². The molecule has 3 fully saturated rings. The van der Waals surface area contributed by atoms with Crippen LogP contribution in [0.25, 0.3) is 0 Å². The highest BCUT2D eigenvalue weighted by molar-refractivity contribution is 5.27. The predicted molar refractivity (Wildman–Crippen MR) is 122 cm³/mol. The lowest BCUT2D eigenvalue weighted by atomic mass is 9.46. The Hall–Kier alpha value is -0.380. The van der Waals surface area contributed by atoms with E-state index in [0.717, 1.165) is 32.1 Å². The average Bonchev–Trinajstić information content (AvgIpc) is 3.04. The molecule has 172 valence electrons. The summed E-state index contributed by atoms with van der Waals surface area (Å²) in [5, 5.41) is 31.8. The van der Waals surface area contributed by atoms with Crippen LogP contribution in [0.4, 0.5) is 0 Å². The molecule has 10 atom stereocenters. The van der Waals surface area contributed by atoms with E-state index >= 15 is 0 Å². The summed E-state index contributed by atoms with van der Waals surface area (Å²) in [5.41, 5.74) is 1.83. The van der Waals surface area contributed by atoms with E-state index in [0.29, 0.717) is 40.9 Å². The lowest BCUT2D eigenvalue weighted by molar-refractivity contribution is -0.0973. The summed E-state index contributed by atoms with van der Waals surface area (Å²) in [7, 11) is 0. The maximum Gasteiger partial charge on any atom is 0.0757 e. The van der Waals surface area contributed by atoms with Crippen molar-refractivity contribution in [2.75, 3.05) is 0 Å². The van der Waals surface area contributed by atoms with Gasteiger partial charge in [0.15, 0.2) is 0 Å². The van der Waals surface area contributed by atoms with Crippen LogP contribution in [0.15, 0.2) is 11.6 Å². The standard InChI is InChI=1S/C27H46O3/c1-16(2)23(29)9-6-17(3)20-7-8-21-25-22(11-13-27(20,21)5)26(4)12-10-19(28)14-18(26)15-24(25)30/h15-17,19-25,28-30H,6-14H2,1-5H3/t17-,19+,20-,21+,22+,23-,24-,25+,26+,27-/m1/s1. The largest absolute Gasteiger partial charge is 0.393 e. The van der Waals surface area contributed by atoms with Gasteiger partial charge < -0.3 is 15.3 Å². The minimum Gasteiger partial charge on any atom is -0.393 e. The van der Waals surface area contributed by atoms with E-state index in [1.807, 2.05) is 0 Å². The Kier molecular flexibility index (Phi) is 6.23. The van der Waals surface area contributed by atoms with E-state index in [1.54, 1.807) is 0 Å². The Morgan fingerprint density at radius 3 is 2.40 bits per heavy atom. The maximum absolute atomic E-state index is 11.3. The molecular weight excluding hydrogens is 372 g/mol. The van der Waals surface area contributed by atoms with Crippen LogP contribution in [-0.4, -0.2) is 33.6 Å². The monoisotopic (exact) mass is 418 g/mol. The molecule has 30 heavy (non-hydrogen) atoms. The van der Waals surface area contributed by atoms with Gasteiger partial charge in [-0.15, -0.1) is 0 Å². The summed E-state index contributed by atoms with van der Waals surface area (Å²) in [6.07, 6.45) is 11.2. The SMILES string of the molecule is CC(C)[C@H](O)CC[C@@H](C)[C@H]1CC[C@H]2[C@@H]3[C@H](O)C=C4C[C@@H](O)CC[C@]4(C)[C@H]3CC[C@]12C. The Morgan fingerprint density at radius 1 is 0.967 bits per heavy atom. The third kappa shape index (κ3) is 3.61. The van der Waals surface area contributed by atoms with Gasteiger partial charge in [0.1, 0.15) is 0 Å². The quantitative estimate of drug-likeness (QED) is 0.529. The molecule has 0 radical (unpaired) electrons. The van der Waals surface area contributed by atoms with Gasteiger partial charge in [0.05, 0.1) is 18.3 Å². The maximum atomic E-state index is 11.3. The number of rotatable bonds is 5. The van der Waals surface area contributed by atoms with Crippen molar-refractivity contribution in [3.05, 3.63) is 11.6 Å². The molecule has 0 amide bonds. The molecule has 0 saturated heterocycles. The Bertz CT molecular complexity index is 656. The van der Waals surface area contributed by atoms with Crippen molar-refractivity contribution < 1.29 is 15.3 Å².